The normalized spacial score (nSPS) is 11.1. The van der Waals surface area contributed by atoms with Crippen molar-refractivity contribution in [2.45, 2.75) is 32.7 Å². The van der Waals surface area contributed by atoms with Crippen molar-refractivity contribution in [2.24, 2.45) is 0 Å². The molecule has 0 spiro atoms. The Morgan fingerprint density at radius 2 is 1.88 bits per heavy atom. The SMILES string of the molecule is Cc1nc(SCC(=O)OCC(=O)c2ccc(C)s2)c2c(C)c(C)sc2n1. The number of aryl methyl sites for hydroxylation is 4. The predicted molar refractivity (Wildman–Crippen MR) is 107 cm³/mol. The quantitative estimate of drug-likeness (QED) is 0.260. The van der Waals surface area contributed by atoms with Crippen molar-refractivity contribution in [3.05, 3.63) is 38.2 Å². The number of hydrogen-bond donors (Lipinski definition) is 0. The number of esters is 1. The van der Waals surface area contributed by atoms with Gasteiger partial charge in [-0.05, 0) is 45.4 Å². The van der Waals surface area contributed by atoms with Gasteiger partial charge >= 0.3 is 5.97 Å². The maximum atomic E-state index is 12.0. The second kappa shape index (κ2) is 7.85. The number of thioether (sulfide) groups is 1. The Kier molecular flexibility index (Phi) is 5.74. The van der Waals surface area contributed by atoms with E-state index >= 15 is 0 Å². The molecule has 0 aliphatic rings. The fraction of sp³-hybridized carbons (Fsp3) is 0.333. The second-order valence-electron chi connectivity index (χ2n) is 5.82. The molecule has 0 amide bonds. The molecule has 0 fully saturated rings. The number of Topliss-reactive ketones (excluding diaryl/α,β-unsaturated/α-hetero) is 1. The number of carbonyl (C=O) groups excluding carboxylic acids is 2. The van der Waals surface area contributed by atoms with Gasteiger partial charge in [0.05, 0.1) is 10.6 Å². The standard InChI is InChI=1S/C18H18N2O3S3/c1-9-5-6-14(25-9)13(21)7-23-15(22)8-24-17-16-10(2)11(3)26-18(16)20-12(4)19-17/h5-6H,7-8H2,1-4H3. The highest BCUT2D eigenvalue weighted by atomic mass is 32.2. The van der Waals surface area contributed by atoms with Gasteiger partial charge in [-0.25, -0.2) is 9.97 Å². The van der Waals surface area contributed by atoms with Crippen LogP contribution < -0.4 is 0 Å². The van der Waals surface area contributed by atoms with Gasteiger partial charge in [0.15, 0.2) is 6.61 Å². The molecular weight excluding hydrogens is 388 g/mol. The van der Waals surface area contributed by atoms with Crippen LogP contribution in [0.3, 0.4) is 0 Å². The Labute approximate surface area is 163 Å². The Balaban J connectivity index is 1.63. The van der Waals surface area contributed by atoms with Crippen molar-refractivity contribution in [1.29, 1.82) is 0 Å². The first-order valence-electron chi connectivity index (χ1n) is 7.97. The van der Waals surface area contributed by atoms with E-state index in [0.717, 1.165) is 25.7 Å². The van der Waals surface area contributed by atoms with Gasteiger partial charge in [0, 0.05) is 15.1 Å². The zero-order valence-corrected chi connectivity index (χ0v) is 17.4. The van der Waals surface area contributed by atoms with Crippen LogP contribution in [-0.4, -0.2) is 34.1 Å². The summed E-state index contributed by atoms with van der Waals surface area (Å²) in [7, 11) is 0. The molecule has 5 nitrogen and oxygen atoms in total. The van der Waals surface area contributed by atoms with Crippen molar-refractivity contribution < 1.29 is 14.3 Å². The summed E-state index contributed by atoms with van der Waals surface area (Å²) in [5, 5.41) is 1.78. The Morgan fingerprint density at radius 1 is 1.12 bits per heavy atom. The average Bonchev–Trinajstić information content (AvgIpc) is 3.14. The fourth-order valence-electron chi connectivity index (χ4n) is 2.39. The van der Waals surface area contributed by atoms with Gasteiger partial charge in [-0.15, -0.1) is 22.7 Å². The lowest BCUT2D eigenvalue weighted by Gasteiger charge is -2.06. The van der Waals surface area contributed by atoms with E-state index in [1.807, 2.05) is 26.8 Å². The molecule has 0 aliphatic carbocycles. The average molecular weight is 407 g/mol. The smallest absolute Gasteiger partial charge is 0.316 e. The van der Waals surface area contributed by atoms with Gasteiger partial charge in [-0.3, -0.25) is 9.59 Å². The van der Waals surface area contributed by atoms with E-state index in [1.165, 1.54) is 28.0 Å². The fourth-order valence-corrected chi connectivity index (χ4v) is 5.25. The van der Waals surface area contributed by atoms with Gasteiger partial charge in [0.2, 0.25) is 5.78 Å². The lowest BCUT2D eigenvalue weighted by atomic mass is 10.2. The minimum atomic E-state index is -0.425. The molecule has 136 valence electrons. The van der Waals surface area contributed by atoms with Gasteiger partial charge in [-0.1, -0.05) is 11.8 Å². The van der Waals surface area contributed by atoms with Crippen LogP contribution in [0.1, 0.15) is 30.8 Å². The number of ether oxygens (including phenoxy) is 1. The van der Waals surface area contributed by atoms with E-state index in [0.29, 0.717) is 10.7 Å². The third-order valence-electron chi connectivity index (χ3n) is 3.81. The third-order valence-corrected chi connectivity index (χ3v) is 6.91. The van der Waals surface area contributed by atoms with Gasteiger partial charge in [0.25, 0.3) is 0 Å². The number of rotatable bonds is 6. The molecule has 0 bridgehead atoms. The van der Waals surface area contributed by atoms with Crippen molar-refractivity contribution in [3.8, 4) is 0 Å². The summed E-state index contributed by atoms with van der Waals surface area (Å²) in [5.74, 6) is 0.186. The number of fused-ring (bicyclic) bond motifs is 1. The van der Waals surface area contributed by atoms with E-state index in [4.69, 9.17) is 4.74 Å². The molecule has 8 heteroatoms. The number of thiophene rings is 2. The number of hydrogen-bond acceptors (Lipinski definition) is 8. The Bertz CT molecular complexity index is 991. The summed E-state index contributed by atoms with van der Waals surface area (Å²) in [6.07, 6.45) is 0. The van der Waals surface area contributed by atoms with Crippen LogP contribution >= 0.6 is 34.4 Å². The number of aromatic nitrogens is 2. The zero-order chi connectivity index (χ0) is 18.8. The number of carbonyl (C=O) groups is 2. The highest BCUT2D eigenvalue weighted by Crippen LogP contribution is 2.35. The molecule has 0 aromatic carbocycles. The van der Waals surface area contributed by atoms with Gasteiger partial charge in [0.1, 0.15) is 15.7 Å². The minimum Gasteiger partial charge on any atom is -0.457 e. The van der Waals surface area contributed by atoms with E-state index in [1.54, 1.807) is 17.4 Å². The number of ketones is 1. The lowest BCUT2D eigenvalue weighted by Crippen LogP contribution is -2.14. The molecule has 3 aromatic rings. The van der Waals surface area contributed by atoms with Crippen molar-refractivity contribution >= 4 is 56.4 Å². The zero-order valence-electron chi connectivity index (χ0n) is 14.9. The third kappa shape index (κ3) is 4.13. The van der Waals surface area contributed by atoms with E-state index in [2.05, 4.69) is 16.9 Å². The molecule has 3 rings (SSSR count). The molecule has 0 saturated heterocycles. The summed E-state index contributed by atoms with van der Waals surface area (Å²) < 4.78 is 5.12. The van der Waals surface area contributed by atoms with Gasteiger partial charge < -0.3 is 4.74 Å². The van der Waals surface area contributed by atoms with Crippen molar-refractivity contribution in [3.63, 3.8) is 0 Å². The first-order chi connectivity index (χ1) is 12.3. The summed E-state index contributed by atoms with van der Waals surface area (Å²) >= 11 is 4.36. The Morgan fingerprint density at radius 3 is 2.58 bits per heavy atom. The van der Waals surface area contributed by atoms with Crippen molar-refractivity contribution in [1.82, 2.24) is 9.97 Å². The molecule has 0 radical (unpaired) electrons. The first kappa shape index (κ1) is 19.0. The molecule has 0 aliphatic heterocycles. The van der Waals surface area contributed by atoms with E-state index in [-0.39, 0.29) is 18.1 Å². The second-order valence-corrected chi connectivity index (χ2v) is 9.28. The van der Waals surface area contributed by atoms with Gasteiger partial charge in [-0.2, -0.15) is 0 Å². The summed E-state index contributed by atoms with van der Waals surface area (Å²) in [6.45, 7) is 7.64. The first-order valence-corrected chi connectivity index (χ1v) is 10.6. The lowest BCUT2D eigenvalue weighted by molar-refractivity contribution is -0.139. The summed E-state index contributed by atoms with van der Waals surface area (Å²) in [4.78, 5) is 36.8. The summed E-state index contributed by atoms with van der Waals surface area (Å²) in [6, 6.07) is 3.64. The molecule has 26 heavy (non-hydrogen) atoms. The maximum Gasteiger partial charge on any atom is 0.316 e. The number of nitrogens with zero attached hydrogens (tertiary/aromatic N) is 2. The molecular formula is C18H18N2O3S3. The highest BCUT2D eigenvalue weighted by Gasteiger charge is 2.16. The van der Waals surface area contributed by atoms with Crippen LogP contribution in [0.25, 0.3) is 10.2 Å². The highest BCUT2D eigenvalue weighted by molar-refractivity contribution is 8.00. The van der Waals surface area contributed by atoms with Crippen LogP contribution in [0.4, 0.5) is 0 Å². The molecule has 3 aromatic heterocycles. The largest absolute Gasteiger partial charge is 0.457 e. The molecule has 0 atom stereocenters. The molecule has 3 heterocycles. The molecule has 0 N–H and O–H groups in total. The molecule has 0 unspecified atom stereocenters. The minimum absolute atomic E-state index is 0.108. The van der Waals surface area contributed by atoms with E-state index in [9.17, 15) is 9.59 Å². The van der Waals surface area contributed by atoms with Crippen LogP contribution in [0.2, 0.25) is 0 Å². The van der Waals surface area contributed by atoms with Crippen LogP contribution in [0, 0.1) is 27.7 Å². The van der Waals surface area contributed by atoms with Crippen LogP contribution in [0.15, 0.2) is 17.2 Å². The maximum absolute atomic E-state index is 12.0. The Hall–Kier alpha value is -1.77. The van der Waals surface area contributed by atoms with Crippen molar-refractivity contribution in [2.75, 3.05) is 12.4 Å². The van der Waals surface area contributed by atoms with E-state index < -0.39 is 5.97 Å². The van der Waals surface area contributed by atoms with Crippen LogP contribution in [-0.2, 0) is 9.53 Å². The monoisotopic (exact) mass is 406 g/mol. The van der Waals surface area contributed by atoms with Crippen LogP contribution in [0.5, 0.6) is 0 Å². The molecule has 0 saturated carbocycles. The predicted octanol–water partition coefficient (Wildman–Crippen LogP) is 4.50. The summed E-state index contributed by atoms with van der Waals surface area (Å²) in [5.41, 5.74) is 1.14. The topological polar surface area (TPSA) is 69.2 Å².